The summed E-state index contributed by atoms with van der Waals surface area (Å²) in [5.74, 6) is 0.788. The molecule has 1 fully saturated rings. The lowest BCUT2D eigenvalue weighted by Crippen LogP contribution is -2.21. The molecule has 3 heteroatoms. The largest absolute Gasteiger partial charge is 0.399 e. The van der Waals surface area contributed by atoms with Crippen molar-refractivity contribution >= 4 is 17.3 Å². The van der Waals surface area contributed by atoms with Crippen LogP contribution in [0.1, 0.15) is 38.2 Å². The molecule has 0 radical (unpaired) electrons. The number of ether oxygens (including phenoxy) is 1. The van der Waals surface area contributed by atoms with Crippen LogP contribution in [-0.4, -0.2) is 6.10 Å². The summed E-state index contributed by atoms with van der Waals surface area (Å²) in [6.07, 6.45) is 5.36. The van der Waals surface area contributed by atoms with Crippen LogP contribution in [0, 0.1) is 5.92 Å². The molecule has 1 saturated carbocycles. The minimum atomic E-state index is 0.396. The zero-order valence-electron chi connectivity index (χ0n) is 10.3. The van der Waals surface area contributed by atoms with Gasteiger partial charge in [0.15, 0.2) is 0 Å². The second-order valence-electron chi connectivity index (χ2n) is 5.06. The lowest BCUT2D eigenvalue weighted by atomic mass is 9.89. The third kappa shape index (κ3) is 3.62. The van der Waals surface area contributed by atoms with Gasteiger partial charge in [-0.15, -0.1) is 0 Å². The van der Waals surface area contributed by atoms with Crippen LogP contribution in [0.15, 0.2) is 18.2 Å². The molecule has 0 spiro atoms. The van der Waals surface area contributed by atoms with E-state index in [0.29, 0.717) is 23.4 Å². The summed E-state index contributed by atoms with van der Waals surface area (Å²) in [6, 6.07) is 5.60. The molecule has 2 rings (SSSR count). The average molecular weight is 254 g/mol. The molecule has 0 saturated heterocycles. The molecule has 1 aliphatic carbocycles. The molecular weight excluding hydrogens is 234 g/mol. The van der Waals surface area contributed by atoms with E-state index in [2.05, 4.69) is 6.92 Å². The Labute approximate surface area is 108 Å². The van der Waals surface area contributed by atoms with Crippen molar-refractivity contribution in [2.24, 2.45) is 5.92 Å². The van der Waals surface area contributed by atoms with Crippen molar-refractivity contribution in [1.29, 1.82) is 0 Å². The topological polar surface area (TPSA) is 35.2 Å². The number of nitrogens with two attached hydrogens (primary N) is 1. The van der Waals surface area contributed by atoms with E-state index in [1.807, 2.05) is 12.1 Å². The summed E-state index contributed by atoms with van der Waals surface area (Å²) in [5, 5.41) is 0.703. The molecule has 1 aliphatic rings. The molecule has 2 nitrogen and oxygen atoms in total. The fourth-order valence-electron chi connectivity index (χ4n) is 2.42. The lowest BCUT2D eigenvalue weighted by Gasteiger charge is -2.26. The van der Waals surface area contributed by atoms with Crippen molar-refractivity contribution in [2.45, 2.75) is 45.3 Å². The first kappa shape index (κ1) is 12.7. The van der Waals surface area contributed by atoms with Crippen LogP contribution >= 0.6 is 11.6 Å². The Hall–Kier alpha value is -0.730. The minimum Gasteiger partial charge on any atom is -0.399 e. The Balaban J connectivity index is 1.88. The third-order valence-corrected chi connectivity index (χ3v) is 3.79. The number of benzene rings is 1. The fraction of sp³-hybridized carbons (Fsp3) is 0.571. The van der Waals surface area contributed by atoms with E-state index in [9.17, 15) is 0 Å². The van der Waals surface area contributed by atoms with Crippen LogP contribution in [-0.2, 0) is 11.3 Å². The van der Waals surface area contributed by atoms with Gasteiger partial charge in [0.25, 0.3) is 0 Å². The maximum atomic E-state index is 6.12. The quantitative estimate of drug-likeness (QED) is 0.826. The highest BCUT2D eigenvalue weighted by Gasteiger charge is 2.19. The molecular formula is C14H20ClNO. The predicted molar refractivity (Wildman–Crippen MR) is 72.1 cm³/mol. The van der Waals surface area contributed by atoms with Crippen LogP contribution in [0.4, 0.5) is 5.69 Å². The molecule has 17 heavy (non-hydrogen) atoms. The van der Waals surface area contributed by atoms with Crippen molar-refractivity contribution in [3.8, 4) is 0 Å². The maximum absolute atomic E-state index is 6.12. The summed E-state index contributed by atoms with van der Waals surface area (Å²) in [7, 11) is 0. The van der Waals surface area contributed by atoms with Crippen molar-refractivity contribution in [2.75, 3.05) is 5.73 Å². The van der Waals surface area contributed by atoms with Gasteiger partial charge in [0.2, 0.25) is 0 Å². The maximum Gasteiger partial charge on any atom is 0.0735 e. The van der Waals surface area contributed by atoms with Gasteiger partial charge in [-0.1, -0.05) is 37.4 Å². The Kier molecular flexibility index (Phi) is 4.30. The average Bonchev–Trinajstić information content (AvgIpc) is 2.28. The molecule has 0 amide bonds. The Morgan fingerprint density at radius 1 is 1.41 bits per heavy atom. The Morgan fingerprint density at radius 3 is 2.94 bits per heavy atom. The van der Waals surface area contributed by atoms with Gasteiger partial charge < -0.3 is 10.5 Å². The minimum absolute atomic E-state index is 0.396. The Morgan fingerprint density at radius 2 is 2.24 bits per heavy atom. The monoisotopic (exact) mass is 253 g/mol. The molecule has 1 aromatic rings. The van der Waals surface area contributed by atoms with E-state index >= 15 is 0 Å². The number of hydrogen-bond donors (Lipinski definition) is 1. The molecule has 0 aliphatic heterocycles. The summed E-state index contributed by atoms with van der Waals surface area (Å²) < 4.78 is 5.93. The summed E-state index contributed by atoms with van der Waals surface area (Å²) >= 11 is 6.12. The van der Waals surface area contributed by atoms with E-state index < -0.39 is 0 Å². The normalized spacial score (nSPS) is 24.8. The molecule has 0 aromatic heterocycles. The van der Waals surface area contributed by atoms with E-state index in [-0.39, 0.29) is 0 Å². The molecule has 1 aromatic carbocycles. The summed E-state index contributed by atoms with van der Waals surface area (Å²) in [5.41, 5.74) is 7.39. The zero-order valence-corrected chi connectivity index (χ0v) is 11.0. The number of rotatable bonds is 3. The summed E-state index contributed by atoms with van der Waals surface area (Å²) in [6.45, 7) is 2.89. The summed E-state index contributed by atoms with van der Waals surface area (Å²) in [4.78, 5) is 0. The van der Waals surface area contributed by atoms with Gasteiger partial charge in [-0.25, -0.2) is 0 Å². The molecule has 2 unspecified atom stereocenters. The highest BCUT2D eigenvalue weighted by atomic mass is 35.5. The Bertz CT molecular complexity index is 380. The SMILES string of the molecule is CC1CCCC(OCc2ccc(N)cc2Cl)C1. The first-order chi connectivity index (χ1) is 8.15. The second kappa shape index (κ2) is 5.74. The molecule has 0 bridgehead atoms. The molecule has 0 heterocycles. The first-order valence-electron chi connectivity index (χ1n) is 6.30. The van der Waals surface area contributed by atoms with Crippen molar-refractivity contribution in [1.82, 2.24) is 0 Å². The molecule has 2 N–H and O–H groups in total. The van der Waals surface area contributed by atoms with Gasteiger partial charge >= 0.3 is 0 Å². The van der Waals surface area contributed by atoms with Crippen LogP contribution in [0.5, 0.6) is 0 Å². The van der Waals surface area contributed by atoms with Crippen LogP contribution in [0.25, 0.3) is 0 Å². The van der Waals surface area contributed by atoms with Gasteiger partial charge in [0.05, 0.1) is 12.7 Å². The van der Waals surface area contributed by atoms with Crippen LogP contribution in [0.3, 0.4) is 0 Å². The lowest BCUT2D eigenvalue weighted by molar-refractivity contribution is 0.00471. The van der Waals surface area contributed by atoms with Gasteiger partial charge in [0.1, 0.15) is 0 Å². The van der Waals surface area contributed by atoms with E-state index in [1.165, 1.54) is 25.7 Å². The smallest absolute Gasteiger partial charge is 0.0735 e. The van der Waals surface area contributed by atoms with E-state index in [4.69, 9.17) is 22.1 Å². The molecule has 94 valence electrons. The highest BCUT2D eigenvalue weighted by molar-refractivity contribution is 6.31. The van der Waals surface area contributed by atoms with Crippen molar-refractivity contribution in [3.63, 3.8) is 0 Å². The van der Waals surface area contributed by atoms with Gasteiger partial charge in [-0.05, 0) is 36.5 Å². The van der Waals surface area contributed by atoms with Crippen molar-refractivity contribution in [3.05, 3.63) is 28.8 Å². The predicted octanol–water partition coefficient (Wildman–Crippen LogP) is 4.02. The number of anilines is 1. The van der Waals surface area contributed by atoms with Gasteiger partial charge in [-0.2, -0.15) is 0 Å². The molecule has 2 atom stereocenters. The van der Waals surface area contributed by atoms with Crippen molar-refractivity contribution < 1.29 is 4.74 Å². The second-order valence-corrected chi connectivity index (χ2v) is 5.46. The first-order valence-corrected chi connectivity index (χ1v) is 6.68. The number of halogens is 1. The van der Waals surface area contributed by atoms with E-state index in [0.717, 1.165) is 11.5 Å². The standard InChI is InChI=1S/C14H20ClNO/c1-10-3-2-4-13(7-10)17-9-11-5-6-12(16)8-14(11)15/h5-6,8,10,13H,2-4,7,9,16H2,1H3. The fourth-order valence-corrected chi connectivity index (χ4v) is 2.66. The van der Waals surface area contributed by atoms with E-state index in [1.54, 1.807) is 6.07 Å². The zero-order chi connectivity index (χ0) is 12.3. The highest BCUT2D eigenvalue weighted by Crippen LogP contribution is 2.27. The van der Waals surface area contributed by atoms with Gasteiger partial charge in [-0.3, -0.25) is 0 Å². The number of hydrogen-bond acceptors (Lipinski definition) is 2. The van der Waals surface area contributed by atoms with Crippen LogP contribution in [0.2, 0.25) is 5.02 Å². The van der Waals surface area contributed by atoms with Crippen LogP contribution < -0.4 is 5.73 Å². The third-order valence-electron chi connectivity index (χ3n) is 3.44. The van der Waals surface area contributed by atoms with Gasteiger partial charge in [0, 0.05) is 10.7 Å². The number of nitrogen functional groups attached to an aromatic ring is 1.